The summed E-state index contributed by atoms with van der Waals surface area (Å²) in [6.07, 6.45) is 2.03. The summed E-state index contributed by atoms with van der Waals surface area (Å²) >= 11 is 0. The predicted molar refractivity (Wildman–Crippen MR) is 45.9 cm³/mol. The molecule has 4 N–H and O–H groups in total. The summed E-state index contributed by atoms with van der Waals surface area (Å²) in [7, 11) is 0. The Hall–Kier alpha value is -1.59. The van der Waals surface area contributed by atoms with E-state index in [1.54, 1.807) is 0 Å². The number of rotatable bonds is 2. The van der Waals surface area contributed by atoms with Gasteiger partial charge in [-0.1, -0.05) is 0 Å². The predicted octanol–water partition coefficient (Wildman–Crippen LogP) is -0.331. The highest BCUT2D eigenvalue weighted by molar-refractivity contribution is 5.91. The molecule has 13 heavy (non-hydrogen) atoms. The van der Waals surface area contributed by atoms with E-state index in [1.807, 2.05) is 6.92 Å². The largest absolute Gasteiger partial charge is 0.366 e. The molecule has 1 amide bonds. The number of nitrogens with one attached hydrogen (secondary N) is 2. The molecule has 0 aliphatic heterocycles. The average molecular weight is 181 g/mol. The number of carbonyl (C=O) groups is 1. The smallest absolute Gasteiger partial charge is 0.289 e. The maximum atomic E-state index is 11.4. The second kappa shape index (κ2) is 2.45. The van der Waals surface area contributed by atoms with Crippen LogP contribution in [-0.2, 0) is 0 Å². The fraction of sp³-hybridized carbons (Fsp3) is 0.571. The number of amides is 1. The van der Waals surface area contributed by atoms with Gasteiger partial charge in [-0.2, -0.15) is 4.98 Å². The summed E-state index contributed by atoms with van der Waals surface area (Å²) in [5.74, 6) is 0.0147. The minimum atomic E-state index is -0.246. The third-order valence-corrected chi connectivity index (χ3v) is 2.13. The number of aromatic nitrogens is 3. The second-order valence-electron chi connectivity index (χ2n) is 3.56. The number of nitrogens with two attached hydrogens (primary N) is 1. The molecule has 0 radical (unpaired) electrons. The van der Waals surface area contributed by atoms with Crippen LogP contribution in [0.15, 0.2) is 0 Å². The van der Waals surface area contributed by atoms with Crippen molar-refractivity contribution in [1.29, 1.82) is 0 Å². The molecule has 6 nitrogen and oxygen atoms in total. The van der Waals surface area contributed by atoms with Gasteiger partial charge in [0.05, 0.1) is 0 Å². The highest BCUT2D eigenvalue weighted by Gasteiger charge is 2.39. The lowest BCUT2D eigenvalue weighted by atomic mass is 10.3. The third kappa shape index (κ3) is 1.61. The lowest BCUT2D eigenvalue weighted by Crippen LogP contribution is -2.34. The van der Waals surface area contributed by atoms with Crippen molar-refractivity contribution in [3.63, 3.8) is 0 Å². The normalized spacial score (nSPS) is 18.2. The van der Waals surface area contributed by atoms with Gasteiger partial charge in [0, 0.05) is 5.54 Å². The van der Waals surface area contributed by atoms with Gasteiger partial charge in [0.15, 0.2) is 0 Å². The van der Waals surface area contributed by atoms with Crippen molar-refractivity contribution in [3.8, 4) is 0 Å². The third-order valence-electron chi connectivity index (χ3n) is 2.13. The van der Waals surface area contributed by atoms with Gasteiger partial charge in [-0.3, -0.25) is 9.89 Å². The van der Waals surface area contributed by atoms with E-state index in [0.717, 1.165) is 12.8 Å². The van der Waals surface area contributed by atoms with Crippen molar-refractivity contribution in [2.45, 2.75) is 25.3 Å². The standard InChI is InChI=1S/C7H11N5O/c1-7(2-3-7)10-5(13)4-9-6(8)12-11-4/h2-3H2,1H3,(H,10,13)(H3,8,9,11,12). The van der Waals surface area contributed by atoms with Gasteiger partial charge in [-0.05, 0) is 19.8 Å². The van der Waals surface area contributed by atoms with Crippen molar-refractivity contribution in [2.75, 3.05) is 5.73 Å². The molecular formula is C7H11N5O. The van der Waals surface area contributed by atoms with Gasteiger partial charge in [0.25, 0.3) is 5.91 Å². The van der Waals surface area contributed by atoms with Crippen LogP contribution in [0.2, 0.25) is 0 Å². The SMILES string of the molecule is CC1(NC(=O)c2nc(N)n[nH]2)CC1. The van der Waals surface area contributed by atoms with E-state index in [-0.39, 0.29) is 23.2 Å². The molecule has 0 bridgehead atoms. The number of anilines is 1. The molecule has 6 heteroatoms. The van der Waals surface area contributed by atoms with Crippen molar-refractivity contribution < 1.29 is 4.79 Å². The number of hydrogen-bond donors (Lipinski definition) is 3. The van der Waals surface area contributed by atoms with Crippen LogP contribution in [0.25, 0.3) is 0 Å². The Morgan fingerprint density at radius 1 is 1.69 bits per heavy atom. The lowest BCUT2D eigenvalue weighted by Gasteiger charge is -2.08. The zero-order valence-electron chi connectivity index (χ0n) is 7.29. The van der Waals surface area contributed by atoms with Crippen LogP contribution < -0.4 is 11.1 Å². The summed E-state index contributed by atoms with van der Waals surface area (Å²) < 4.78 is 0. The monoisotopic (exact) mass is 181 g/mol. The van der Waals surface area contributed by atoms with Crippen molar-refractivity contribution in [3.05, 3.63) is 5.82 Å². The first kappa shape index (κ1) is 8.03. The van der Waals surface area contributed by atoms with Gasteiger partial charge in [-0.25, -0.2) is 0 Å². The first-order valence-electron chi connectivity index (χ1n) is 4.09. The molecule has 1 aromatic heterocycles. The van der Waals surface area contributed by atoms with Crippen LogP contribution in [0, 0.1) is 0 Å². The molecule has 2 rings (SSSR count). The van der Waals surface area contributed by atoms with Crippen LogP contribution in [0.1, 0.15) is 30.4 Å². The quantitative estimate of drug-likeness (QED) is 0.582. The van der Waals surface area contributed by atoms with Crippen LogP contribution >= 0.6 is 0 Å². The van der Waals surface area contributed by atoms with E-state index in [9.17, 15) is 4.79 Å². The summed E-state index contributed by atoms with van der Waals surface area (Å²) in [5.41, 5.74) is 5.22. The molecule has 1 aliphatic rings. The fourth-order valence-corrected chi connectivity index (χ4v) is 1.02. The van der Waals surface area contributed by atoms with Crippen LogP contribution in [-0.4, -0.2) is 26.6 Å². The zero-order valence-corrected chi connectivity index (χ0v) is 7.29. The number of H-pyrrole nitrogens is 1. The van der Waals surface area contributed by atoms with Gasteiger partial charge in [-0.15, -0.1) is 5.10 Å². The molecule has 70 valence electrons. The maximum Gasteiger partial charge on any atom is 0.289 e. The summed E-state index contributed by atoms with van der Waals surface area (Å²) in [4.78, 5) is 15.1. The summed E-state index contributed by atoms with van der Waals surface area (Å²) in [6, 6.07) is 0. The second-order valence-corrected chi connectivity index (χ2v) is 3.56. The van der Waals surface area contributed by atoms with E-state index in [0.29, 0.717) is 0 Å². The fourth-order valence-electron chi connectivity index (χ4n) is 1.02. The number of nitrogens with zero attached hydrogens (tertiary/aromatic N) is 2. The molecule has 1 saturated carbocycles. The first-order chi connectivity index (χ1) is 6.09. The molecule has 1 aromatic rings. The summed E-state index contributed by atoms with van der Waals surface area (Å²) in [5, 5.41) is 8.86. The molecular weight excluding hydrogens is 170 g/mol. The molecule has 0 saturated heterocycles. The lowest BCUT2D eigenvalue weighted by molar-refractivity contribution is 0.0925. The minimum absolute atomic E-state index is 0.0430. The first-order valence-corrected chi connectivity index (χ1v) is 4.09. The van der Waals surface area contributed by atoms with E-state index in [1.165, 1.54) is 0 Å². The Morgan fingerprint density at radius 2 is 2.38 bits per heavy atom. The van der Waals surface area contributed by atoms with Crippen LogP contribution in [0.5, 0.6) is 0 Å². The molecule has 1 heterocycles. The number of hydrogen-bond acceptors (Lipinski definition) is 4. The van der Waals surface area contributed by atoms with Crippen molar-refractivity contribution >= 4 is 11.9 Å². The molecule has 1 fully saturated rings. The van der Waals surface area contributed by atoms with Crippen molar-refractivity contribution in [2.24, 2.45) is 0 Å². The topological polar surface area (TPSA) is 96.7 Å². The number of nitrogen functional groups attached to an aromatic ring is 1. The molecule has 0 atom stereocenters. The summed E-state index contributed by atoms with van der Waals surface area (Å²) in [6.45, 7) is 1.99. The Bertz CT molecular complexity index is 340. The molecule has 0 unspecified atom stereocenters. The van der Waals surface area contributed by atoms with E-state index >= 15 is 0 Å². The van der Waals surface area contributed by atoms with Crippen LogP contribution in [0.4, 0.5) is 5.95 Å². The van der Waals surface area contributed by atoms with Gasteiger partial charge < -0.3 is 11.1 Å². The molecule has 1 aliphatic carbocycles. The Morgan fingerprint density at radius 3 is 2.85 bits per heavy atom. The highest BCUT2D eigenvalue weighted by Crippen LogP contribution is 2.34. The van der Waals surface area contributed by atoms with Crippen molar-refractivity contribution in [1.82, 2.24) is 20.5 Å². The Balaban J connectivity index is 2.05. The van der Waals surface area contributed by atoms with Gasteiger partial charge in [0.2, 0.25) is 11.8 Å². The average Bonchev–Trinajstić information content (AvgIpc) is 2.62. The molecule has 0 aromatic carbocycles. The van der Waals surface area contributed by atoms with E-state index < -0.39 is 0 Å². The number of carbonyl (C=O) groups excluding carboxylic acids is 1. The van der Waals surface area contributed by atoms with Gasteiger partial charge in [0.1, 0.15) is 0 Å². The van der Waals surface area contributed by atoms with Crippen LogP contribution in [0.3, 0.4) is 0 Å². The Kier molecular flexibility index (Phi) is 1.51. The van der Waals surface area contributed by atoms with E-state index in [2.05, 4.69) is 20.5 Å². The molecule has 0 spiro atoms. The zero-order chi connectivity index (χ0) is 9.47. The highest BCUT2D eigenvalue weighted by atomic mass is 16.2. The van der Waals surface area contributed by atoms with Gasteiger partial charge >= 0.3 is 0 Å². The number of aromatic amines is 1. The Labute approximate surface area is 74.9 Å². The van der Waals surface area contributed by atoms with E-state index in [4.69, 9.17) is 5.73 Å². The maximum absolute atomic E-state index is 11.4. The minimum Gasteiger partial charge on any atom is -0.366 e.